The van der Waals surface area contributed by atoms with Crippen LogP contribution in [0.15, 0.2) is 40.2 Å². The van der Waals surface area contributed by atoms with E-state index in [0.29, 0.717) is 0 Å². The first kappa shape index (κ1) is 14.8. The van der Waals surface area contributed by atoms with E-state index in [1.165, 1.54) is 20.3 Å². The molecule has 2 aromatic heterocycles. The summed E-state index contributed by atoms with van der Waals surface area (Å²) in [6, 6.07) is 10.8. The number of nitrogens with zero attached hydrogens (tertiary/aromatic N) is 2. The summed E-state index contributed by atoms with van der Waals surface area (Å²) in [6.07, 6.45) is 0.951. The van der Waals surface area contributed by atoms with E-state index in [0.717, 1.165) is 18.7 Å². The van der Waals surface area contributed by atoms with Crippen molar-refractivity contribution in [3.63, 3.8) is 0 Å². The minimum absolute atomic E-state index is 0.232. The van der Waals surface area contributed by atoms with Crippen LogP contribution in [-0.2, 0) is 13.5 Å². The number of fused-ring (bicyclic) bond motifs is 1. The zero-order chi connectivity index (χ0) is 14.8. The molecule has 0 amide bonds. The molecule has 0 aliphatic rings. The van der Waals surface area contributed by atoms with E-state index in [1.807, 2.05) is 11.7 Å². The van der Waals surface area contributed by atoms with Crippen molar-refractivity contribution >= 4 is 38.2 Å². The van der Waals surface area contributed by atoms with Gasteiger partial charge in [-0.05, 0) is 40.0 Å². The van der Waals surface area contributed by atoms with Crippen LogP contribution in [-0.4, -0.2) is 16.3 Å². The Morgan fingerprint density at radius 3 is 2.86 bits per heavy atom. The normalized spacial score (nSPS) is 12.9. The number of hydrogen-bond acceptors (Lipinski definition) is 3. The van der Waals surface area contributed by atoms with E-state index in [4.69, 9.17) is 5.10 Å². The second-order valence-electron chi connectivity index (χ2n) is 5.03. The number of aryl methyl sites for hydroxylation is 1. The molecule has 0 bridgehead atoms. The number of aromatic nitrogens is 2. The predicted molar refractivity (Wildman–Crippen MR) is 92.9 cm³/mol. The van der Waals surface area contributed by atoms with Crippen molar-refractivity contribution in [1.29, 1.82) is 0 Å². The van der Waals surface area contributed by atoms with Crippen molar-refractivity contribution in [2.24, 2.45) is 7.05 Å². The van der Waals surface area contributed by atoms with Gasteiger partial charge in [-0.1, -0.05) is 25.1 Å². The molecule has 1 N–H and O–H groups in total. The maximum Gasteiger partial charge on any atom is 0.0876 e. The number of thiophene rings is 1. The lowest BCUT2D eigenvalue weighted by molar-refractivity contribution is 0.533. The number of hydrogen-bond donors (Lipinski definition) is 1. The van der Waals surface area contributed by atoms with Crippen LogP contribution >= 0.6 is 27.3 Å². The van der Waals surface area contributed by atoms with Crippen LogP contribution in [0, 0.1) is 0 Å². The molecule has 3 aromatic rings. The number of benzene rings is 1. The smallest absolute Gasteiger partial charge is 0.0876 e. The fraction of sp³-hybridized carbons (Fsp3) is 0.312. The summed E-state index contributed by atoms with van der Waals surface area (Å²) in [5.41, 5.74) is 2.32. The fourth-order valence-corrected chi connectivity index (χ4v) is 4.23. The highest BCUT2D eigenvalue weighted by Crippen LogP contribution is 2.30. The van der Waals surface area contributed by atoms with Crippen LogP contribution in [0.1, 0.15) is 23.5 Å². The summed E-state index contributed by atoms with van der Waals surface area (Å²) in [5, 5.41) is 11.7. The molecule has 110 valence electrons. The van der Waals surface area contributed by atoms with Crippen LogP contribution < -0.4 is 5.32 Å². The van der Waals surface area contributed by atoms with Gasteiger partial charge in [-0.15, -0.1) is 11.3 Å². The molecule has 3 nitrogen and oxygen atoms in total. The molecular weight excluding hydrogens is 346 g/mol. The number of nitrogens with one attached hydrogen (secondary N) is 1. The van der Waals surface area contributed by atoms with Gasteiger partial charge in [-0.2, -0.15) is 5.10 Å². The molecule has 1 unspecified atom stereocenters. The Bertz CT molecular complexity index is 747. The zero-order valence-electron chi connectivity index (χ0n) is 12.1. The molecule has 0 radical (unpaired) electrons. The lowest BCUT2D eigenvalue weighted by Crippen LogP contribution is -2.23. The highest BCUT2D eigenvalue weighted by atomic mass is 79.9. The number of rotatable bonds is 5. The van der Waals surface area contributed by atoms with Crippen LogP contribution in [0.5, 0.6) is 0 Å². The first-order valence-electron chi connectivity index (χ1n) is 7.07. The standard InChI is InChI=1S/C16H18BrN3S/c1-3-18-13(10-15-12(17)8-9-21-15)16-11-6-4-5-7-14(11)20(2)19-16/h4-9,13,18H,3,10H2,1-2H3. The first-order valence-corrected chi connectivity index (χ1v) is 8.75. The largest absolute Gasteiger partial charge is 0.309 e. The molecule has 1 atom stereocenters. The fourth-order valence-electron chi connectivity index (χ4n) is 2.67. The molecular formula is C16H18BrN3S. The van der Waals surface area contributed by atoms with E-state index >= 15 is 0 Å². The van der Waals surface area contributed by atoms with E-state index in [2.05, 4.69) is 63.9 Å². The Labute approximate surface area is 137 Å². The van der Waals surface area contributed by atoms with Gasteiger partial charge in [-0.25, -0.2) is 0 Å². The van der Waals surface area contributed by atoms with E-state index in [9.17, 15) is 0 Å². The third-order valence-corrected chi connectivity index (χ3v) is 5.60. The van der Waals surface area contributed by atoms with Crippen LogP contribution in [0.3, 0.4) is 0 Å². The van der Waals surface area contributed by atoms with Gasteiger partial charge in [0.15, 0.2) is 0 Å². The average Bonchev–Trinajstić information content (AvgIpc) is 3.04. The van der Waals surface area contributed by atoms with Gasteiger partial charge in [0, 0.05) is 28.2 Å². The Kier molecular flexibility index (Phi) is 4.42. The van der Waals surface area contributed by atoms with Crippen LogP contribution in [0.25, 0.3) is 10.9 Å². The number of para-hydroxylation sites is 1. The Morgan fingerprint density at radius 1 is 1.33 bits per heavy atom. The molecule has 5 heteroatoms. The minimum atomic E-state index is 0.232. The van der Waals surface area contributed by atoms with Crippen LogP contribution in [0.4, 0.5) is 0 Å². The van der Waals surface area contributed by atoms with Gasteiger partial charge in [0.2, 0.25) is 0 Å². The summed E-state index contributed by atoms with van der Waals surface area (Å²) in [7, 11) is 2.01. The van der Waals surface area contributed by atoms with Gasteiger partial charge in [-0.3, -0.25) is 4.68 Å². The molecule has 0 spiro atoms. The van der Waals surface area contributed by atoms with E-state index in [-0.39, 0.29) is 6.04 Å². The first-order chi connectivity index (χ1) is 10.2. The maximum atomic E-state index is 4.76. The number of likely N-dealkylation sites (N-methyl/N-ethyl adjacent to an activating group) is 1. The maximum absolute atomic E-state index is 4.76. The van der Waals surface area contributed by atoms with Gasteiger partial charge in [0.1, 0.15) is 0 Å². The predicted octanol–water partition coefficient (Wildman–Crippen LogP) is 4.29. The van der Waals surface area contributed by atoms with Crippen molar-refractivity contribution < 1.29 is 0 Å². The van der Waals surface area contributed by atoms with Crippen LogP contribution in [0.2, 0.25) is 0 Å². The highest BCUT2D eigenvalue weighted by Gasteiger charge is 2.20. The lowest BCUT2D eigenvalue weighted by atomic mass is 10.1. The second-order valence-corrected chi connectivity index (χ2v) is 6.89. The third kappa shape index (κ3) is 2.91. The molecule has 0 aliphatic heterocycles. The minimum Gasteiger partial charge on any atom is -0.309 e. The molecule has 0 saturated heterocycles. The average molecular weight is 364 g/mol. The second kappa shape index (κ2) is 6.30. The van der Waals surface area contributed by atoms with Gasteiger partial charge in [0.05, 0.1) is 17.3 Å². The molecule has 0 fully saturated rings. The summed E-state index contributed by atoms with van der Waals surface area (Å²) in [4.78, 5) is 1.36. The zero-order valence-corrected chi connectivity index (χ0v) is 14.5. The Balaban J connectivity index is 2.01. The molecule has 0 saturated carbocycles. The van der Waals surface area contributed by atoms with E-state index < -0.39 is 0 Å². The summed E-state index contributed by atoms with van der Waals surface area (Å²) in [6.45, 7) is 3.07. The summed E-state index contributed by atoms with van der Waals surface area (Å²) in [5.74, 6) is 0. The Hall–Kier alpha value is -1.17. The molecule has 1 aromatic carbocycles. The topological polar surface area (TPSA) is 29.9 Å². The van der Waals surface area contributed by atoms with Gasteiger partial charge >= 0.3 is 0 Å². The molecule has 3 rings (SSSR count). The van der Waals surface area contributed by atoms with Crippen molar-refractivity contribution in [2.45, 2.75) is 19.4 Å². The van der Waals surface area contributed by atoms with Crippen molar-refractivity contribution in [3.05, 3.63) is 50.8 Å². The quantitative estimate of drug-likeness (QED) is 0.732. The number of halogens is 1. The molecule has 2 heterocycles. The SMILES string of the molecule is CCNC(Cc1sccc1Br)c1nn(C)c2ccccc12. The summed E-state index contributed by atoms with van der Waals surface area (Å²) < 4.78 is 3.16. The summed E-state index contributed by atoms with van der Waals surface area (Å²) >= 11 is 5.42. The van der Waals surface area contributed by atoms with Crippen molar-refractivity contribution in [3.8, 4) is 0 Å². The highest BCUT2D eigenvalue weighted by molar-refractivity contribution is 9.10. The van der Waals surface area contributed by atoms with Crippen molar-refractivity contribution in [1.82, 2.24) is 15.1 Å². The monoisotopic (exact) mass is 363 g/mol. The Morgan fingerprint density at radius 2 is 2.14 bits per heavy atom. The van der Waals surface area contributed by atoms with Gasteiger partial charge < -0.3 is 5.32 Å². The third-order valence-electron chi connectivity index (χ3n) is 3.65. The van der Waals surface area contributed by atoms with Gasteiger partial charge in [0.25, 0.3) is 0 Å². The molecule has 21 heavy (non-hydrogen) atoms. The molecule has 0 aliphatic carbocycles. The van der Waals surface area contributed by atoms with E-state index in [1.54, 1.807) is 11.3 Å². The lowest BCUT2D eigenvalue weighted by Gasteiger charge is -2.15. The van der Waals surface area contributed by atoms with Crippen molar-refractivity contribution in [2.75, 3.05) is 6.54 Å².